The summed E-state index contributed by atoms with van der Waals surface area (Å²) in [6.07, 6.45) is 0. The summed E-state index contributed by atoms with van der Waals surface area (Å²) in [6.45, 7) is 0.0721. The van der Waals surface area contributed by atoms with Gasteiger partial charge in [-0.25, -0.2) is 9.67 Å². The van der Waals surface area contributed by atoms with E-state index in [4.69, 9.17) is 4.98 Å². The van der Waals surface area contributed by atoms with Crippen LogP contribution in [0.15, 0.2) is 102 Å². The summed E-state index contributed by atoms with van der Waals surface area (Å²) in [5.74, 6) is -0.583. The lowest BCUT2D eigenvalue weighted by atomic mass is 10.1. The molecule has 6 aromatic rings. The molecule has 6 rings (SSSR count). The Hall–Kier alpha value is -4.87. The van der Waals surface area contributed by atoms with Gasteiger partial charge in [0.2, 0.25) is 5.91 Å². The van der Waals surface area contributed by atoms with E-state index in [0.29, 0.717) is 11.2 Å². The number of thiophene rings is 1. The number of nitrogens with one attached hydrogen (secondary N) is 1. The highest BCUT2D eigenvalue weighted by Crippen LogP contribution is 2.31. The SMILES string of the molecule is CN(C)c1ccc(NC(=O)C(c2cccs2)N(Cc2nc(-c3ccccc3)cs2)C(=O)Cn2nnc3ccccc32)cc1. The number of aromatic nitrogens is 4. The molecule has 0 spiro atoms. The number of rotatable bonds is 10. The van der Waals surface area contributed by atoms with Crippen LogP contribution >= 0.6 is 22.7 Å². The molecule has 0 aliphatic carbocycles. The number of nitrogens with zero attached hydrogens (tertiary/aromatic N) is 6. The molecule has 0 aliphatic heterocycles. The number of fused-ring (bicyclic) bond motifs is 1. The zero-order valence-electron chi connectivity index (χ0n) is 23.6. The number of benzene rings is 3. The molecular weight excluding hydrogens is 579 g/mol. The quantitative estimate of drug-likeness (QED) is 0.203. The van der Waals surface area contributed by atoms with Gasteiger partial charge in [0.05, 0.1) is 17.8 Å². The number of carbonyl (C=O) groups excluding carboxylic acids is 2. The Kier molecular flexibility index (Phi) is 8.25. The second kappa shape index (κ2) is 12.6. The third-order valence-electron chi connectivity index (χ3n) is 6.98. The summed E-state index contributed by atoms with van der Waals surface area (Å²) in [4.78, 5) is 37.4. The van der Waals surface area contributed by atoms with E-state index in [1.807, 2.05) is 121 Å². The first-order valence-corrected chi connectivity index (χ1v) is 15.4. The Morgan fingerprint density at radius 1 is 0.907 bits per heavy atom. The molecule has 1 unspecified atom stereocenters. The molecule has 3 heterocycles. The number of hydrogen-bond acceptors (Lipinski definition) is 8. The first-order chi connectivity index (χ1) is 21.0. The molecule has 3 aromatic carbocycles. The predicted octanol–water partition coefficient (Wildman–Crippen LogP) is 6.09. The number of anilines is 2. The van der Waals surface area contributed by atoms with Gasteiger partial charge in [-0.1, -0.05) is 53.7 Å². The Bertz CT molecular complexity index is 1830. The van der Waals surface area contributed by atoms with E-state index >= 15 is 0 Å². The highest BCUT2D eigenvalue weighted by atomic mass is 32.1. The average molecular weight is 608 g/mol. The summed E-state index contributed by atoms with van der Waals surface area (Å²) >= 11 is 2.89. The molecule has 0 aliphatic rings. The number of hydrogen-bond donors (Lipinski definition) is 1. The van der Waals surface area contributed by atoms with Gasteiger partial charge in [0.15, 0.2) is 0 Å². The predicted molar refractivity (Wildman–Crippen MR) is 172 cm³/mol. The molecule has 216 valence electrons. The minimum atomic E-state index is -0.889. The van der Waals surface area contributed by atoms with Crippen LogP contribution in [0, 0.1) is 0 Å². The Balaban J connectivity index is 1.35. The van der Waals surface area contributed by atoms with Crippen molar-refractivity contribution in [2.75, 3.05) is 24.3 Å². The average Bonchev–Trinajstić information content (AvgIpc) is 3.80. The van der Waals surface area contributed by atoms with Crippen LogP contribution in [-0.4, -0.2) is 50.8 Å². The van der Waals surface area contributed by atoms with Crippen LogP contribution in [0.25, 0.3) is 22.3 Å². The lowest BCUT2D eigenvalue weighted by Crippen LogP contribution is -2.42. The van der Waals surface area contributed by atoms with Crippen molar-refractivity contribution in [2.24, 2.45) is 0 Å². The summed E-state index contributed by atoms with van der Waals surface area (Å²) in [5, 5.41) is 16.1. The number of amides is 2. The van der Waals surface area contributed by atoms with E-state index in [9.17, 15) is 9.59 Å². The Morgan fingerprint density at radius 2 is 1.67 bits per heavy atom. The topological polar surface area (TPSA) is 96.2 Å². The molecule has 9 nitrogen and oxygen atoms in total. The molecule has 1 N–H and O–H groups in total. The van der Waals surface area contributed by atoms with E-state index in [2.05, 4.69) is 15.6 Å². The molecule has 2 amide bonds. The van der Waals surface area contributed by atoms with Gasteiger partial charge >= 0.3 is 0 Å². The first-order valence-electron chi connectivity index (χ1n) is 13.7. The highest BCUT2D eigenvalue weighted by Gasteiger charge is 2.33. The highest BCUT2D eigenvalue weighted by molar-refractivity contribution is 7.10. The number of thiazole rings is 1. The molecular formula is C32H29N7O2S2. The third kappa shape index (κ3) is 6.32. The summed E-state index contributed by atoms with van der Waals surface area (Å²) in [7, 11) is 3.92. The molecule has 0 radical (unpaired) electrons. The maximum absolute atomic E-state index is 14.2. The fourth-order valence-corrected chi connectivity index (χ4v) is 6.41. The summed E-state index contributed by atoms with van der Waals surface area (Å²) in [6, 6.07) is 27.9. The van der Waals surface area contributed by atoms with E-state index in [0.717, 1.165) is 32.3 Å². The molecule has 43 heavy (non-hydrogen) atoms. The van der Waals surface area contributed by atoms with Crippen LogP contribution < -0.4 is 10.2 Å². The molecule has 0 saturated carbocycles. The van der Waals surface area contributed by atoms with Crippen LogP contribution in [0.4, 0.5) is 11.4 Å². The van der Waals surface area contributed by atoms with Crippen molar-refractivity contribution >= 4 is 56.9 Å². The van der Waals surface area contributed by atoms with Crippen molar-refractivity contribution in [1.29, 1.82) is 0 Å². The smallest absolute Gasteiger partial charge is 0.252 e. The Morgan fingerprint density at radius 3 is 2.42 bits per heavy atom. The van der Waals surface area contributed by atoms with Gasteiger partial charge in [0.1, 0.15) is 23.1 Å². The van der Waals surface area contributed by atoms with Crippen molar-refractivity contribution in [1.82, 2.24) is 24.9 Å². The van der Waals surface area contributed by atoms with Crippen LogP contribution in [0.5, 0.6) is 0 Å². The zero-order valence-corrected chi connectivity index (χ0v) is 25.3. The van der Waals surface area contributed by atoms with Gasteiger partial charge in [-0.15, -0.1) is 27.8 Å². The minimum Gasteiger partial charge on any atom is -0.378 e. The summed E-state index contributed by atoms with van der Waals surface area (Å²) in [5.41, 5.74) is 4.92. The fourth-order valence-electron chi connectivity index (χ4n) is 4.77. The van der Waals surface area contributed by atoms with E-state index in [1.165, 1.54) is 22.7 Å². The van der Waals surface area contributed by atoms with Gasteiger partial charge in [-0.05, 0) is 47.8 Å². The maximum Gasteiger partial charge on any atom is 0.252 e. The molecule has 0 saturated heterocycles. The van der Waals surface area contributed by atoms with Gasteiger partial charge in [-0.2, -0.15) is 0 Å². The lowest BCUT2D eigenvalue weighted by Gasteiger charge is -2.30. The van der Waals surface area contributed by atoms with Crippen LogP contribution in [0.2, 0.25) is 0 Å². The Labute approximate surface area is 257 Å². The van der Waals surface area contributed by atoms with Crippen molar-refractivity contribution in [2.45, 2.75) is 19.1 Å². The monoisotopic (exact) mass is 607 g/mol. The molecule has 11 heteroatoms. The minimum absolute atomic E-state index is 0.0792. The normalized spacial score (nSPS) is 11.8. The number of carbonyl (C=O) groups is 2. The van der Waals surface area contributed by atoms with Crippen molar-refractivity contribution < 1.29 is 9.59 Å². The van der Waals surface area contributed by atoms with Crippen molar-refractivity contribution in [3.63, 3.8) is 0 Å². The fraction of sp³-hybridized carbons (Fsp3) is 0.156. The van der Waals surface area contributed by atoms with Crippen LogP contribution in [-0.2, 0) is 22.7 Å². The maximum atomic E-state index is 14.2. The van der Waals surface area contributed by atoms with Crippen LogP contribution in [0.1, 0.15) is 15.9 Å². The summed E-state index contributed by atoms with van der Waals surface area (Å²) < 4.78 is 1.57. The van der Waals surface area contributed by atoms with Gasteiger partial charge in [-0.3, -0.25) is 9.59 Å². The van der Waals surface area contributed by atoms with Gasteiger partial charge < -0.3 is 15.1 Å². The van der Waals surface area contributed by atoms with E-state index in [-0.39, 0.29) is 24.9 Å². The number of para-hydroxylation sites is 1. The largest absolute Gasteiger partial charge is 0.378 e. The van der Waals surface area contributed by atoms with Gasteiger partial charge in [0.25, 0.3) is 5.91 Å². The molecule has 1 atom stereocenters. The standard InChI is InChI=1S/C32H29N7O2S2/c1-37(2)24-16-14-23(15-17-24)33-32(41)31(28-13-8-18-42-28)38(19-29-34-26(21-43-29)22-9-4-3-5-10-22)30(40)20-39-27-12-7-6-11-25(27)35-36-39/h3-18,21,31H,19-20H2,1-2H3,(H,33,41). The molecule has 0 fully saturated rings. The van der Waals surface area contributed by atoms with Crippen LogP contribution in [0.3, 0.4) is 0 Å². The second-order valence-corrected chi connectivity index (χ2v) is 12.0. The molecule has 3 aromatic heterocycles. The lowest BCUT2D eigenvalue weighted by molar-refractivity contribution is -0.140. The van der Waals surface area contributed by atoms with Crippen molar-refractivity contribution in [3.05, 3.63) is 112 Å². The van der Waals surface area contributed by atoms with Crippen molar-refractivity contribution in [3.8, 4) is 11.3 Å². The zero-order chi connectivity index (χ0) is 29.8. The second-order valence-electron chi connectivity index (χ2n) is 10.1. The third-order valence-corrected chi connectivity index (χ3v) is 8.73. The molecule has 0 bridgehead atoms. The first kappa shape index (κ1) is 28.3. The van der Waals surface area contributed by atoms with E-state index in [1.54, 1.807) is 9.58 Å². The van der Waals surface area contributed by atoms with Gasteiger partial charge in [0, 0.05) is 41.3 Å². The van der Waals surface area contributed by atoms with E-state index < -0.39 is 6.04 Å².